The predicted molar refractivity (Wildman–Crippen MR) is 116 cm³/mol. The summed E-state index contributed by atoms with van der Waals surface area (Å²) in [7, 11) is -4.20. The zero-order valence-electron chi connectivity index (χ0n) is 17.4. The van der Waals surface area contributed by atoms with E-state index in [0.717, 1.165) is 31.1 Å². The normalized spacial score (nSPS) is 20.8. The highest BCUT2D eigenvalue weighted by Gasteiger charge is 2.36. The number of sulfonamides is 1. The van der Waals surface area contributed by atoms with Crippen LogP contribution in [0.25, 0.3) is 0 Å². The maximum Gasteiger partial charge on any atom is 0.244 e. The smallest absolute Gasteiger partial charge is 0.244 e. The molecule has 6 nitrogen and oxygen atoms in total. The Morgan fingerprint density at radius 1 is 1.03 bits per heavy atom. The summed E-state index contributed by atoms with van der Waals surface area (Å²) in [5, 5.41) is 0. The second-order valence-corrected chi connectivity index (χ2v) is 9.95. The van der Waals surface area contributed by atoms with Crippen LogP contribution in [-0.2, 0) is 21.2 Å². The van der Waals surface area contributed by atoms with Gasteiger partial charge in [-0.15, -0.1) is 0 Å². The topological polar surface area (TPSA) is 69.7 Å². The first-order valence-corrected chi connectivity index (χ1v) is 12.3. The van der Waals surface area contributed by atoms with Gasteiger partial charge in [-0.25, -0.2) is 12.8 Å². The van der Waals surface area contributed by atoms with E-state index < -0.39 is 26.8 Å². The first kappa shape index (κ1) is 21.9. The van der Waals surface area contributed by atoms with Crippen LogP contribution in [-0.4, -0.2) is 62.4 Å². The van der Waals surface area contributed by atoms with Gasteiger partial charge in [0.05, 0.1) is 0 Å². The van der Waals surface area contributed by atoms with E-state index in [-0.39, 0.29) is 12.3 Å². The third-order valence-corrected chi connectivity index (χ3v) is 7.64. The number of nitrogens with zero attached hydrogens (tertiary/aromatic N) is 2. The molecule has 0 bridgehead atoms. The van der Waals surface area contributed by atoms with Crippen LogP contribution in [0, 0.1) is 5.82 Å². The molecule has 8 heteroatoms. The van der Waals surface area contributed by atoms with Gasteiger partial charge in [0, 0.05) is 19.1 Å². The summed E-state index contributed by atoms with van der Waals surface area (Å²) < 4.78 is 42.5. The van der Waals surface area contributed by atoms with Crippen LogP contribution in [0.1, 0.15) is 24.8 Å². The molecule has 1 amide bonds. The van der Waals surface area contributed by atoms with E-state index in [0.29, 0.717) is 19.1 Å². The molecule has 1 N–H and O–H groups in total. The van der Waals surface area contributed by atoms with Crippen LogP contribution in [0.2, 0.25) is 0 Å². The summed E-state index contributed by atoms with van der Waals surface area (Å²) in [5.74, 6) is -1.10. The predicted octanol–water partition coefficient (Wildman–Crippen LogP) is 2.41. The van der Waals surface area contributed by atoms with Crippen molar-refractivity contribution in [3.63, 3.8) is 0 Å². The van der Waals surface area contributed by atoms with E-state index in [1.165, 1.54) is 31.0 Å². The van der Waals surface area contributed by atoms with Gasteiger partial charge in [0.15, 0.2) is 0 Å². The zero-order chi connectivity index (χ0) is 21.8. The molecule has 2 fully saturated rings. The molecule has 4 rings (SSSR count). The standard InChI is InChI=1S/C23H28FN3O3S/c24-20-10-4-5-11-22(20)31(29,30)25-21(16-18-8-2-1-3-9-18)23(28)27-15-12-19(17-27)26-13-6-7-14-26/h1-5,8-11,19,21,25H,6-7,12-17H2/t19?,21-/m0/s1. The number of hydrogen-bond acceptors (Lipinski definition) is 4. The lowest BCUT2D eigenvalue weighted by Crippen LogP contribution is -2.49. The first-order chi connectivity index (χ1) is 14.9. The molecule has 31 heavy (non-hydrogen) atoms. The lowest BCUT2D eigenvalue weighted by atomic mass is 10.1. The maximum absolute atomic E-state index is 14.2. The highest BCUT2D eigenvalue weighted by molar-refractivity contribution is 7.89. The average molecular weight is 446 g/mol. The maximum atomic E-state index is 14.2. The fourth-order valence-electron chi connectivity index (χ4n) is 4.51. The molecule has 2 saturated heterocycles. The number of rotatable bonds is 7. The Morgan fingerprint density at radius 3 is 2.42 bits per heavy atom. The van der Waals surface area contributed by atoms with E-state index in [4.69, 9.17) is 0 Å². The minimum absolute atomic E-state index is 0.207. The highest BCUT2D eigenvalue weighted by Crippen LogP contribution is 2.22. The van der Waals surface area contributed by atoms with E-state index in [9.17, 15) is 17.6 Å². The van der Waals surface area contributed by atoms with Gasteiger partial charge in [-0.2, -0.15) is 4.72 Å². The molecule has 2 aliphatic heterocycles. The average Bonchev–Trinajstić information content (AvgIpc) is 3.45. The molecule has 1 unspecified atom stereocenters. The van der Waals surface area contributed by atoms with Gasteiger partial charge in [0.2, 0.25) is 15.9 Å². The van der Waals surface area contributed by atoms with Gasteiger partial charge in [-0.05, 0) is 56.5 Å². The quantitative estimate of drug-likeness (QED) is 0.711. The van der Waals surface area contributed by atoms with Crippen molar-refractivity contribution in [2.75, 3.05) is 26.2 Å². The summed E-state index contributed by atoms with van der Waals surface area (Å²) in [6.45, 7) is 3.32. The molecule has 0 spiro atoms. The molecular formula is C23H28FN3O3S. The summed E-state index contributed by atoms with van der Waals surface area (Å²) in [6.07, 6.45) is 3.47. The molecule has 0 aromatic heterocycles. The molecule has 2 heterocycles. The van der Waals surface area contributed by atoms with Crippen molar-refractivity contribution in [1.82, 2.24) is 14.5 Å². The van der Waals surface area contributed by atoms with Crippen LogP contribution in [0.5, 0.6) is 0 Å². The number of amides is 1. The Kier molecular flexibility index (Phi) is 6.69. The summed E-state index contributed by atoms with van der Waals surface area (Å²) >= 11 is 0. The number of carbonyl (C=O) groups excluding carboxylic acids is 1. The molecule has 0 radical (unpaired) electrons. The Bertz CT molecular complexity index is 1010. The van der Waals surface area contributed by atoms with E-state index >= 15 is 0 Å². The minimum Gasteiger partial charge on any atom is -0.340 e. The zero-order valence-corrected chi connectivity index (χ0v) is 18.2. The van der Waals surface area contributed by atoms with Gasteiger partial charge in [-0.1, -0.05) is 42.5 Å². The van der Waals surface area contributed by atoms with Crippen LogP contribution >= 0.6 is 0 Å². The number of hydrogen-bond donors (Lipinski definition) is 1. The molecule has 0 saturated carbocycles. The number of likely N-dealkylation sites (tertiary alicyclic amines) is 2. The molecule has 2 aromatic carbocycles. The van der Waals surface area contributed by atoms with E-state index in [2.05, 4.69) is 9.62 Å². The Morgan fingerprint density at radius 2 is 1.71 bits per heavy atom. The van der Waals surface area contributed by atoms with Crippen molar-refractivity contribution in [3.05, 3.63) is 66.0 Å². The van der Waals surface area contributed by atoms with Crippen LogP contribution < -0.4 is 4.72 Å². The fraction of sp³-hybridized carbons (Fsp3) is 0.435. The van der Waals surface area contributed by atoms with Crippen molar-refractivity contribution in [1.29, 1.82) is 0 Å². The second-order valence-electron chi connectivity index (χ2n) is 8.26. The third kappa shape index (κ3) is 5.14. The molecule has 2 aliphatic rings. The van der Waals surface area contributed by atoms with Crippen LogP contribution in [0.15, 0.2) is 59.5 Å². The lowest BCUT2D eigenvalue weighted by Gasteiger charge is -2.26. The van der Waals surface area contributed by atoms with Gasteiger partial charge >= 0.3 is 0 Å². The Hall–Kier alpha value is -2.29. The molecule has 0 aliphatic carbocycles. The summed E-state index contributed by atoms with van der Waals surface area (Å²) in [4.78, 5) is 17.1. The third-order valence-electron chi connectivity index (χ3n) is 6.14. The number of benzene rings is 2. The minimum atomic E-state index is -4.20. The Labute approximate surface area is 183 Å². The summed E-state index contributed by atoms with van der Waals surface area (Å²) in [6, 6.07) is 13.8. The Balaban J connectivity index is 1.54. The second kappa shape index (κ2) is 9.46. The van der Waals surface area contributed by atoms with Crippen LogP contribution in [0.4, 0.5) is 4.39 Å². The monoisotopic (exact) mass is 445 g/mol. The fourth-order valence-corrected chi connectivity index (χ4v) is 5.78. The summed E-state index contributed by atoms with van der Waals surface area (Å²) in [5.41, 5.74) is 0.840. The van der Waals surface area contributed by atoms with Gasteiger partial charge < -0.3 is 4.90 Å². The van der Waals surface area contributed by atoms with Gasteiger partial charge in [-0.3, -0.25) is 9.69 Å². The van der Waals surface area contributed by atoms with Crippen molar-refractivity contribution in [3.8, 4) is 0 Å². The number of carbonyl (C=O) groups is 1. The van der Waals surface area contributed by atoms with Gasteiger partial charge in [0.1, 0.15) is 16.8 Å². The number of halogens is 1. The first-order valence-electron chi connectivity index (χ1n) is 10.8. The van der Waals surface area contributed by atoms with Crippen molar-refractivity contribution in [2.45, 2.75) is 42.7 Å². The van der Waals surface area contributed by atoms with Crippen molar-refractivity contribution >= 4 is 15.9 Å². The molecule has 2 aromatic rings. The van der Waals surface area contributed by atoms with Crippen molar-refractivity contribution < 1.29 is 17.6 Å². The lowest BCUT2D eigenvalue weighted by molar-refractivity contribution is -0.132. The molecular weight excluding hydrogens is 417 g/mol. The largest absolute Gasteiger partial charge is 0.340 e. The van der Waals surface area contributed by atoms with Crippen molar-refractivity contribution in [2.24, 2.45) is 0 Å². The van der Waals surface area contributed by atoms with Crippen LogP contribution in [0.3, 0.4) is 0 Å². The van der Waals surface area contributed by atoms with E-state index in [1.54, 1.807) is 4.90 Å². The highest BCUT2D eigenvalue weighted by atomic mass is 32.2. The van der Waals surface area contributed by atoms with Gasteiger partial charge in [0.25, 0.3) is 0 Å². The SMILES string of the molecule is O=C([C@H](Cc1ccccc1)NS(=O)(=O)c1ccccc1F)N1CCC(N2CCCC2)C1. The van der Waals surface area contributed by atoms with E-state index in [1.807, 2.05) is 30.3 Å². The molecule has 166 valence electrons. The molecule has 2 atom stereocenters. The number of nitrogens with one attached hydrogen (secondary N) is 1.